The lowest BCUT2D eigenvalue weighted by atomic mass is 9.91. The van der Waals surface area contributed by atoms with E-state index in [0.29, 0.717) is 0 Å². The highest BCUT2D eigenvalue weighted by atomic mass is 32.3. The van der Waals surface area contributed by atoms with Crippen molar-refractivity contribution in [1.82, 2.24) is 0 Å². The van der Waals surface area contributed by atoms with Crippen LogP contribution in [-0.2, 0) is 19.7 Å². The number of alkyl halides is 8. The summed E-state index contributed by atoms with van der Waals surface area (Å²) in [6.45, 7) is 0. The minimum absolute atomic E-state index is 2.55. The number of rotatable bonds is 4. The Bertz CT molecular complexity index is 1540. The van der Waals surface area contributed by atoms with E-state index in [2.05, 4.69) is 0 Å². The van der Waals surface area contributed by atoms with Gasteiger partial charge in [0.1, 0.15) is 11.1 Å². The summed E-state index contributed by atoms with van der Waals surface area (Å²) in [6.07, 6.45) is -20.4. The summed E-state index contributed by atoms with van der Waals surface area (Å²) < 4.78 is 255. The minimum Gasteiger partial charge on any atom is -0.243 e. The van der Waals surface area contributed by atoms with Crippen LogP contribution in [0.5, 0.6) is 0 Å². The zero-order valence-corrected chi connectivity index (χ0v) is 19.3. The van der Waals surface area contributed by atoms with Crippen molar-refractivity contribution < 1.29 is 82.7 Å². The smallest absolute Gasteiger partial charge is 0.243 e. The first-order valence-corrected chi connectivity index (χ1v) is 12.8. The molecule has 0 amide bonds. The Hall–Kier alpha value is -2.45. The second-order valence-electron chi connectivity index (χ2n) is 7.96. The minimum atomic E-state index is -7.86. The normalized spacial score (nSPS) is 27.7. The van der Waals surface area contributed by atoms with Crippen molar-refractivity contribution in [2.24, 2.45) is 0 Å². The van der Waals surface area contributed by atoms with Gasteiger partial charge in [-0.25, -0.2) is 69.5 Å². The fraction of sp³-hybridized carbons (Fsp3) is 0.444. The van der Waals surface area contributed by atoms with Gasteiger partial charge in [-0.1, -0.05) is 0 Å². The predicted molar refractivity (Wildman–Crippen MR) is 98.6 cm³/mol. The fourth-order valence-electron chi connectivity index (χ4n) is 3.90. The molecular weight excluding hydrogens is 629 g/mol. The van der Waals surface area contributed by atoms with Gasteiger partial charge >= 0.3 is 5.51 Å². The van der Waals surface area contributed by atoms with Crippen LogP contribution < -0.4 is 0 Å². The van der Waals surface area contributed by atoms with Gasteiger partial charge in [0.05, 0.1) is 16.3 Å². The molecule has 4 nitrogen and oxygen atoms in total. The van der Waals surface area contributed by atoms with Gasteiger partial charge < -0.3 is 0 Å². The number of fused-ring (bicyclic) bond motifs is 1. The van der Waals surface area contributed by atoms with Crippen molar-refractivity contribution >= 4 is 30.4 Å². The van der Waals surface area contributed by atoms with Crippen molar-refractivity contribution in [3.63, 3.8) is 0 Å². The quantitative estimate of drug-likeness (QED) is 0.262. The maximum absolute atomic E-state index is 15.1. The molecule has 0 spiro atoms. The van der Waals surface area contributed by atoms with Crippen molar-refractivity contribution in [3.05, 3.63) is 46.3 Å². The highest BCUT2D eigenvalue weighted by Crippen LogP contribution is 2.48. The molecule has 0 heterocycles. The summed E-state index contributed by atoms with van der Waals surface area (Å²) in [5.74, 6) is -22.1. The fourth-order valence-corrected chi connectivity index (χ4v) is 8.63. The Kier molecular flexibility index (Phi) is 7.64. The molecule has 1 aliphatic carbocycles. The van der Waals surface area contributed by atoms with Crippen LogP contribution in [0.2, 0.25) is 0 Å². The summed E-state index contributed by atoms with van der Waals surface area (Å²) in [4.78, 5) is 0. The Labute approximate surface area is 206 Å². The number of hydrogen-bond acceptors (Lipinski definition) is 4. The zero-order chi connectivity index (χ0) is 30.3. The molecule has 2 aromatic carbocycles. The van der Waals surface area contributed by atoms with E-state index >= 15 is 4.39 Å². The summed E-state index contributed by atoms with van der Waals surface area (Å²) in [7, 11) is -15.2. The first-order valence-electron chi connectivity index (χ1n) is 9.60. The van der Waals surface area contributed by atoms with Gasteiger partial charge in [-0.15, -0.1) is 0 Å². The molecule has 0 aromatic heterocycles. The van der Waals surface area contributed by atoms with E-state index in [-0.39, 0.29) is 0 Å². The van der Waals surface area contributed by atoms with E-state index in [9.17, 15) is 78.3 Å². The Morgan fingerprint density at radius 1 is 0.513 bits per heavy atom. The SMILES string of the molecule is O=S(=O)(C1C(F)C(F)C(F)C(F)C1F)C(c1c(F)c(F)c2c(F)c(F)c(F)c(F)c2c1F)S(=O)(=O)C(F)(F)F. The molecule has 0 bridgehead atoms. The second kappa shape index (κ2) is 9.58. The topological polar surface area (TPSA) is 68.3 Å². The van der Waals surface area contributed by atoms with Crippen LogP contribution in [0.1, 0.15) is 10.1 Å². The van der Waals surface area contributed by atoms with E-state index in [1.165, 1.54) is 0 Å². The maximum atomic E-state index is 15.1. The van der Waals surface area contributed by atoms with Gasteiger partial charge in [0.25, 0.3) is 9.84 Å². The van der Waals surface area contributed by atoms with Crippen molar-refractivity contribution in [2.45, 2.75) is 46.2 Å². The van der Waals surface area contributed by atoms with Gasteiger partial charge in [0.15, 0.2) is 75.6 Å². The monoisotopic (exact) mass is 636 g/mol. The number of halogens is 15. The molecule has 2 aromatic rings. The third-order valence-electron chi connectivity index (χ3n) is 5.73. The molecule has 39 heavy (non-hydrogen) atoms. The second-order valence-corrected chi connectivity index (χ2v) is 12.5. The lowest BCUT2D eigenvalue weighted by molar-refractivity contribution is -0.0484. The Morgan fingerprint density at radius 2 is 0.846 bits per heavy atom. The first kappa shape index (κ1) is 31.1. The molecule has 0 aliphatic heterocycles. The molecule has 220 valence electrons. The molecule has 0 radical (unpaired) electrons. The first-order chi connectivity index (χ1) is 17.5. The summed E-state index contributed by atoms with van der Waals surface area (Å²) in [5.41, 5.74) is -10.3. The molecule has 0 N–H and O–H groups in total. The van der Waals surface area contributed by atoms with Crippen LogP contribution >= 0.6 is 0 Å². The van der Waals surface area contributed by atoms with E-state index < -0.39 is 123 Å². The molecule has 21 heteroatoms. The van der Waals surface area contributed by atoms with E-state index in [1.54, 1.807) is 0 Å². The van der Waals surface area contributed by atoms with E-state index in [4.69, 9.17) is 0 Å². The van der Waals surface area contributed by atoms with Crippen LogP contribution in [0.4, 0.5) is 65.9 Å². The molecule has 5 unspecified atom stereocenters. The van der Waals surface area contributed by atoms with Gasteiger partial charge in [-0.05, 0) is 0 Å². The van der Waals surface area contributed by atoms with Crippen LogP contribution in [0, 0.1) is 40.7 Å². The third kappa shape index (κ3) is 4.29. The largest absolute Gasteiger partial charge is 0.499 e. The Balaban J connectivity index is 2.56. The highest BCUT2D eigenvalue weighted by Gasteiger charge is 2.66. The zero-order valence-electron chi connectivity index (χ0n) is 17.7. The summed E-state index contributed by atoms with van der Waals surface area (Å²) >= 11 is 0. The molecule has 5 atom stereocenters. The standard InChI is InChI=1S/C18H7F15O4S2/c19-4-1-2(7(22)10(25)9(24)6(1)21)5(20)8(23)3(4)17(39(36,37)18(31,32)33)38(34,35)16-14(29)12(27)11(26)13(28)15(16)30/h11-17H. The average molecular weight is 636 g/mol. The Morgan fingerprint density at radius 3 is 1.23 bits per heavy atom. The van der Waals surface area contributed by atoms with Crippen molar-refractivity contribution in [2.75, 3.05) is 0 Å². The maximum Gasteiger partial charge on any atom is 0.499 e. The lowest BCUT2D eigenvalue weighted by Gasteiger charge is -2.37. The molecule has 1 fully saturated rings. The van der Waals surface area contributed by atoms with Gasteiger partial charge in [0.2, 0.25) is 4.58 Å². The van der Waals surface area contributed by atoms with Crippen LogP contribution in [0.25, 0.3) is 10.8 Å². The average Bonchev–Trinajstić information content (AvgIpc) is 2.82. The predicted octanol–water partition coefficient (Wildman–Crippen LogP) is 5.23. The lowest BCUT2D eigenvalue weighted by Crippen LogP contribution is -2.60. The number of benzene rings is 2. The third-order valence-corrected chi connectivity index (χ3v) is 10.9. The number of hydrogen-bond donors (Lipinski definition) is 0. The molecule has 1 aliphatic rings. The van der Waals surface area contributed by atoms with Crippen molar-refractivity contribution in [3.8, 4) is 0 Å². The van der Waals surface area contributed by atoms with Crippen molar-refractivity contribution in [1.29, 1.82) is 0 Å². The van der Waals surface area contributed by atoms with E-state index in [0.717, 1.165) is 0 Å². The van der Waals surface area contributed by atoms with Gasteiger partial charge in [-0.2, -0.15) is 13.2 Å². The van der Waals surface area contributed by atoms with Crippen LogP contribution in [-0.4, -0.2) is 58.5 Å². The highest BCUT2D eigenvalue weighted by molar-refractivity contribution is 8.09. The molecule has 0 saturated heterocycles. The molecule has 3 rings (SSSR count). The van der Waals surface area contributed by atoms with Gasteiger partial charge in [0, 0.05) is 0 Å². The summed E-state index contributed by atoms with van der Waals surface area (Å²) in [6, 6.07) is 0. The van der Waals surface area contributed by atoms with Crippen LogP contribution in [0.15, 0.2) is 0 Å². The van der Waals surface area contributed by atoms with Gasteiger partial charge in [-0.3, -0.25) is 0 Å². The summed E-state index contributed by atoms with van der Waals surface area (Å²) in [5, 5.41) is -9.57. The van der Waals surface area contributed by atoms with E-state index in [1.807, 2.05) is 0 Å². The number of sulfone groups is 2. The molecule has 1 saturated carbocycles. The molecular formula is C18H7F15O4S2. The van der Waals surface area contributed by atoms with Crippen LogP contribution in [0.3, 0.4) is 0 Å².